The second kappa shape index (κ2) is 7.17. The molecule has 2 heterocycles. The predicted molar refractivity (Wildman–Crippen MR) is 80.6 cm³/mol. The highest BCUT2D eigenvalue weighted by molar-refractivity contribution is 8.01. The topological polar surface area (TPSA) is 56.3 Å². The van der Waals surface area contributed by atoms with E-state index in [1.54, 1.807) is 23.9 Å². The molecule has 2 aromatic rings. The first kappa shape index (κ1) is 14.7. The summed E-state index contributed by atoms with van der Waals surface area (Å²) in [4.78, 5) is 0. The third kappa shape index (κ3) is 4.37. The van der Waals surface area contributed by atoms with Crippen LogP contribution >= 0.6 is 23.1 Å². The Balaban J connectivity index is 1.53. The smallest absolute Gasteiger partial charge is 0.210 e. The van der Waals surface area contributed by atoms with Crippen molar-refractivity contribution in [2.24, 2.45) is 0 Å². The van der Waals surface area contributed by atoms with Gasteiger partial charge in [-0.2, -0.15) is 0 Å². The van der Waals surface area contributed by atoms with Gasteiger partial charge in [-0.25, -0.2) is 4.39 Å². The van der Waals surface area contributed by atoms with Gasteiger partial charge < -0.3 is 14.8 Å². The molecule has 0 unspecified atom stereocenters. The first-order valence-electron chi connectivity index (χ1n) is 6.48. The second-order valence-electron chi connectivity index (χ2n) is 4.42. The molecule has 1 atom stereocenters. The van der Waals surface area contributed by atoms with Gasteiger partial charge >= 0.3 is 0 Å². The number of nitrogens with one attached hydrogen (secondary N) is 1. The third-order valence-corrected chi connectivity index (χ3v) is 4.95. The van der Waals surface area contributed by atoms with Crippen LogP contribution in [-0.4, -0.2) is 35.5 Å². The van der Waals surface area contributed by atoms with Crippen molar-refractivity contribution in [2.45, 2.75) is 16.9 Å². The molecule has 0 aliphatic carbocycles. The maximum absolute atomic E-state index is 13.1. The highest BCUT2D eigenvalue weighted by Crippen LogP contribution is 2.29. The van der Waals surface area contributed by atoms with Gasteiger partial charge in [-0.05, 0) is 24.6 Å². The van der Waals surface area contributed by atoms with Gasteiger partial charge in [0, 0.05) is 11.4 Å². The third-order valence-electron chi connectivity index (χ3n) is 2.85. The van der Waals surface area contributed by atoms with Gasteiger partial charge in [-0.15, -0.1) is 10.2 Å². The van der Waals surface area contributed by atoms with Gasteiger partial charge in [0.25, 0.3) is 0 Å². The Bertz CT molecular complexity index is 590. The molecular weight excluding hydrogens is 313 g/mol. The van der Waals surface area contributed by atoms with Crippen LogP contribution in [0.25, 0.3) is 0 Å². The average Bonchev–Trinajstić information content (AvgIpc) is 2.94. The number of halogens is 1. The van der Waals surface area contributed by atoms with E-state index in [-0.39, 0.29) is 11.9 Å². The minimum Gasteiger partial charge on any atom is -0.355 e. The Morgan fingerprint density at radius 3 is 3.19 bits per heavy atom. The number of nitrogens with zero attached hydrogens (tertiary/aromatic N) is 2. The molecule has 1 aromatic heterocycles. The molecule has 0 bridgehead atoms. The summed E-state index contributed by atoms with van der Waals surface area (Å²) in [6, 6.07) is 6.26. The van der Waals surface area contributed by atoms with E-state index in [1.165, 1.54) is 23.5 Å². The van der Waals surface area contributed by atoms with Crippen molar-refractivity contribution in [3.8, 4) is 0 Å². The molecular formula is C13H14FN3O2S2. The van der Waals surface area contributed by atoms with Crippen LogP contribution in [0.1, 0.15) is 6.42 Å². The van der Waals surface area contributed by atoms with Crippen molar-refractivity contribution in [3.05, 3.63) is 30.1 Å². The molecule has 0 amide bonds. The first-order valence-corrected chi connectivity index (χ1v) is 8.28. The van der Waals surface area contributed by atoms with E-state index in [0.29, 0.717) is 17.6 Å². The fraction of sp³-hybridized carbons (Fsp3) is 0.385. The minimum atomic E-state index is -0.282. The van der Waals surface area contributed by atoms with Gasteiger partial charge in [0.15, 0.2) is 4.34 Å². The zero-order chi connectivity index (χ0) is 14.5. The molecule has 112 valence electrons. The summed E-state index contributed by atoms with van der Waals surface area (Å²) in [7, 11) is 0. The number of rotatable bonds is 5. The number of thioether (sulfide) groups is 1. The molecule has 3 rings (SSSR count). The molecule has 0 saturated carbocycles. The van der Waals surface area contributed by atoms with Gasteiger partial charge in [0.05, 0.1) is 12.7 Å². The predicted octanol–water partition coefficient (Wildman–Crippen LogP) is 3.28. The van der Waals surface area contributed by atoms with Gasteiger partial charge in [0.2, 0.25) is 5.13 Å². The lowest BCUT2D eigenvalue weighted by Crippen LogP contribution is -2.25. The maximum Gasteiger partial charge on any atom is 0.210 e. The Kier molecular flexibility index (Phi) is 5.02. The summed E-state index contributed by atoms with van der Waals surface area (Å²) in [5.74, 6) is 0.550. The van der Waals surface area contributed by atoms with Crippen LogP contribution in [0.4, 0.5) is 15.2 Å². The molecule has 1 aliphatic rings. The number of benzene rings is 1. The van der Waals surface area contributed by atoms with Crippen LogP contribution in [-0.2, 0) is 9.47 Å². The number of anilines is 2. The molecule has 8 heteroatoms. The monoisotopic (exact) mass is 327 g/mol. The molecule has 21 heavy (non-hydrogen) atoms. The summed E-state index contributed by atoms with van der Waals surface area (Å²) in [5.41, 5.74) is 0.662. The Morgan fingerprint density at radius 1 is 1.43 bits per heavy atom. The SMILES string of the molecule is Fc1cccc(Nc2nnc(SC[C@@H]3CCOCO3)s2)c1. The molecule has 0 spiro atoms. The van der Waals surface area contributed by atoms with E-state index < -0.39 is 0 Å². The van der Waals surface area contributed by atoms with Gasteiger partial charge in [-0.1, -0.05) is 29.2 Å². The van der Waals surface area contributed by atoms with Crippen LogP contribution in [0.5, 0.6) is 0 Å². The number of aromatic nitrogens is 2. The van der Waals surface area contributed by atoms with Crippen LogP contribution < -0.4 is 5.32 Å². The Hall–Kier alpha value is -1.22. The zero-order valence-electron chi connectivity index (χ0n) is 11.1. The van der Waals surface area contributed by atoms with Crippen LogP contribution in [0, 0.1) is 5.82 Å². The summed E-state index contributed by atoms with van der Waals surface area (Å²) in [6.07, 6.45) is 1.10. The van der Waals surface area contributed by atoms with Crippen molar-refractivity contribution in [1.82, 2.24) is 10.2 Å². The van der Waals surface area contributed by atoms with E-state index >= 15 is 0 Å². The highest BCUT2D eigenvalue weighted by Gasteiger charge is 2.15. The maximum atomic E-state index is 13.1. The number of hydrogen-bond donors (Lipinski definition) is 1. The van der Waals surface area contributed by atoms with E-state index in [9.17, 15) is 4.39 Å². The standard InChI is InChI=1S/C13H14FN3O2S2/c14-9-2-1-3-10(6-9)15-12-16-17-13(21-12)20-7-11-4-5-18-8-19-11/h1-3,6,11H,4-5,7-8H2,(H,15,16)/t11-/m0/s1. The molecule has 1 aromatic carbocycles. The lowest BCUT2D eigenvalue weighted by atomic mass is 10.3. The lowest BCUT2D eigenvalue weighted by Gasteiger charge is -2.21. The molecule has 1 fully saturated rings. The van der Waals surface area contributed by atoms with Crippen LogP contribution in [0.3, 0.4) is 0 Å². The van der Waals surface area contributed by atoms with Gasteiger partial charge in [0.1, 0.15) is 12.6 Å². The molecule has 1 aliphatic heterocycles. The van der Waals surface area contributed by atoms with Crippen molar-refractivity contribution in [3.63, 3.8) is 0 Å². The van der Waals surface area contributed by atoms with Crippen LogP contribution in [0.2, 0.25) is 0 Å². The Morgan fingerprint density at radius 2 is 2.38 bits per heavy atom. The molecule has 1 N–H and O–H groups in total. The zero-order valence-corrected chi connectivity index (χ0v) is 12.8. The Labute approximate surface area is 129 Å². The molecule has 0 radical (unpaired) electrons. The quantitative estimate of drug-likeness (QED) is 0.851. The second-order valence-corrected chi connectivity index (χ2v) is 6.67. The van der Waals surface area contributed by atoms with E-state index in [1.807, 2.05) is 0 Å². The summed E-state index contributed by atoms with van der Waals surface area (Å²) in [6.45, 7) is 1.11. The van der Waals surface area contributed by atoms with Crippen molar-refractivity contribution < 1.29 is 13.9 Å². The fourth-order valence-corrected chi connectivity index (χ4v) is 3.67. The summed E-state index contributed by atoms with van der Waals surface area (Å²) in [5, 5.41) is 11.9. The summed E-state index contributed by atoms with van der Waals surface area (Å²) >= 11 is 3.05. The largest absolute Gasteiger partial charge is 0.355 e. The van der Waals surface area contributed by atoms with Crippen molar-refractivity contribution >= 4 is 33.9 Å². The van der Waals surface area contributed by atoms with E-state index in [0.717, 1.165) is 23.1 Å². The highest BCUT2D eigenvalue weighted by atomic mass is 32.2. The molecule has 1 saturated heterocycles. The first-order chi connectivity index (χ1) is 10.3. The average molecular weight is 327 g/mol. The normalized spacial score (nSPS) is 18.6. The van der Waals surface area contributed by atoms with Gasteiger partial charge in [-0.3, -0.25) is 0 Å². The van der Waals surface area contributed by atoms with Crippen molar-refractivity contribution in [2.75, 3.05) is 24.5 Å². The number of hydrogen-bond acceptors (Lipinski definition) is 7. The number of ether oxygens (including phenoxy) is 2. The van der Waals surface area contributed by atoms with Crippen molar-refractivity contribution in [1.29, 1.82) is 0 Å². The minimum absolute atomic E-state index is 0.201. The van der Waals surface area contributed by atoms with E-state index in [2.05, 4.69) is 15.5 Å². The fourth-order valence-electron chi connectivity index (χ4n) is 1.81. The van der Waals surface area contributed by atoms with Crippen LogP contribution in [0.15, 0.2) is 28.6 Å². The lowest BCUT2D eigenvalue weighted by molar-refractivity contribution is -0.130. The summed E-state index contributed by atoms with van der Waals surface area (Å²) < 4.78 is 24.6. The molecule has 5 nitrogen and oxygen atoms in total. The van der Waals surface area contributed by atoms with E-state index in [4.69, 9.17) is 9.47 Å².